The number of anilines is 1. The van der Waals surface area contributed by atoms with E-state index in [4.69, 9.17) is 4.74 Å². The number of H-pyrrole nitrogens is 1. The summed E-state index contributed by atoms with van der Waals surface area (Å²) in [5.41, 5.74) is 2.62. The van der Waals surface area contributed by atoms with Gasteiger partial charge in [-0.25, -0.2) is 4.79 Å². The van der Waals surface area contributed by atoms with Crippen LogP contribution in [0.15, 0.2) is 24.3 Å². The fraction of sp³-hybridized carbons (Fsp3) is 0.381. The highest BCUT2D eigenvalue weighted by Gasteiger charge is 2.25. The molecule has 0 bridgehead atoms. The molecule has 0 saturated carbocycles. The second kappa shape index (κ2) is 8.29. The molecule has 148 valence electrons. The molecule has 7 nitrogen and oxygen atoms in total. The molecule has 28 heavy (non-hydrogen) atoms. The van der Waals surface area contributed by atoms with Gasteiger partial charge in [0.25, 0.3) is 11.8 Å². The molecule has 2 amide bonds. The van der Waals surface area contributed by atoms with Crippen LogP contribution in [-0.4, -0.2) is 47.9 Å². The number of aromatic amines is 1. The van der Waals surface area contributed by atoms with Gasteiger partial charge in [-0.05, 0) is 50.8 Å². The van der Waals surface area contributed by atoms with E-state index >= 15 is 0 Å². The maximum Gasteiger partial charge on any atom is 0.339 e. The van der Waals surface area contributed by atoms with E-state index in [9.17, 15) is 14.4 Å². The zero-order chi connectivity index (χ0) is 20.3. The van der Waals surface area contributed by atoms with Gasteiger partial charge in [0.1, 0.15) is 5.69 Å². The number of aromatic nitrogens is 1. The summed E-state index contributed by atoms with van der Waals surface area (Å²) < 4.78 is 4.79. The first-order valence-electron chi connectivity index (χ1n) is 9.41. The Morgan fingerprint density at radius 1 is 1.07 bits per heavy atom. The number of rotatable bonds is 4. The number of likely N-dealkylation sites (tertiary alicyclic amines) is 1. The molecule has 1 aromatic heterocycles. The van der Waals surface area contributed by atoms with Gasteiger partial charge < -0.3 is 19.9 Å². The molecule has 1 fully saturated rings. The number of esters is 1. The Morgan fingerprint density at radius 2 is 1.75 bits per heavy atom. The van der Waals surface area contributed by atoms with Crippen LogP contribution in [0.1, 0.15) is 61.7 Å². The second-order valence-electron chi connectivity index (χ2n) is 6.97. The van der Waals surface area contributed by atoms with E-state index in [1.807, 2.05) is 4.90 Å². The number of aryl methyl sites for hydroxylation is 1. The van der Waals surface area contributed by atoms with Gasteiger partial charge in [-0.1, -0.05) is 12.1 Å². The summed E-state index contributed by atoms with van der Waals surface area (Å²) in [6.45, 7) is 4.87. The summed E-state index contributed by atoms with van der Waals surface area (Å²) >= 11 is 0. The van der Waals surface area contributed by atoms with Gasteiger partial charge in [0.15, 0.2) is 0 Å². The Morgan fingerprint density at radius 3 is 2.43 bits per heavy atom. The number of para-hydroxylation sites is 1. The number of methoxy groups -OCH3 is 1. The molecule has 0 unspecified atom stereocenters. The molecule has 2 N–H and O–H groups in total. The summed E-state index contributed by atoms with van der Waals surface area (Å²) in [6.07, 6.45) is 3.13. The number of carbonyl (C=O) groups is 3. The van der Waals surface area contributed by atoms with Crippen LogP contribution in [-0.2, 0) is 4.74 Å². The molecule has 1 saturated heterocycles. The average molecular weight is 383 g/mol. The van der Waals surface area contributed by atoms with Crippen molar-refractivity contribution in [1.82, 2.24) is 9.88 Å². The number of nitrogens with one attached hydrogen (secondary N) is 2. The van der Waals surface area contributed by atoms with Gasteiger partial charge in [0.2, 0.25) is 0 Å². The van der Waals surface area contributed by atoms with Crippen molar-refractivity contribution in [1.29, 1.82) is 0 Å². The Hall–Kier alpha value is -3.09. The van der Waals surface area contributed by atoms with Gasteiger partial charge in [0, 0.05) is 18.8 Å². The third-order valence-electron chi connectivity index (χ3n) is 5.10. The van der Waals surface area contributed by atoms with Crippen molar-refractivity contribution in [3.05, 3.63) is 52.3 Å². The largest absolute Gasteiger partial charge is 0.465 e. The lowest BCUT2D eigenvalue weighted by atomic mass is 10.1. The minimum Gasteiger partial charge on any atom is -0.465 e. The Bertz CT molecular complexity index is 910. The quantitative estimate of drug-likeness (QED) is 0.793. The smallest absolute Gasteiger partial charge is 0.339 e. The molecule has 0 radical (unpaired) electrons. The minimum absolute atomic E-state index is 0.0785. The molecule has 1 aliphatic heterocycles. The van der Waals surface area contributed by atoms with Crippen LogP contribution in [0.4, 0.5) is 5.69 Å². The molecular formula is C21H25N3O4. The van der Waals surface area contributed by atoms with Gasteiger partial charge >= 0.3 is 5.97 Å². The zero-order valence-corrected chi connectivity index (χ0v) is 16.4. The first kappa shape index (κ1) is 19.7. The molecule has 0 aliphatic carbocycles. The molecule has 7 heteroatoms. The monoisotopic (exact) mass is 383 g/mol. The lowest BCUT2D eigenvalue weighted by Crippen LogP contribution is -2.36. The van der Waals surface area contributed by atoms with E-state index in [2.05, 4.69) is 10.3 Å². The van der Waals surface area contributed by atoms with Gasteiger partial charge in [-0.3, -0.25) is 9.59 Å². The van der Waals surface area contributed by atoms with Crippen molar-refractivity contribution in [2.45, 2.75) is 33.1 Å². The summed E-state index contributed by atoms with van der Waals surface area (Å²) in [7, 11) is 1.30. The van der Waals surface area contributed by atoms with E-state index in [1.165, 1.54) is 7.11 Å². The molecule has 1 aromatic carbocycles. The molecule has 2 aromatic rings. The lowest BCUT2D eigenvalue weighted by Gasteiger charge is -2.27. The summed E-state index contributed by atoms with van der Waals surface area (Å²) in [5.74, 6) is -0.981. The Kier molecular flexibility index (Phi) is 5.82. The maximum atomic E-state index is 12.9. The number of amides is 2. The number of ether oxygens (including phenoxy) is 1. The van der Waals surface area contributed by atoms with Crippen LogP contribution in [0.2, 0.25) is 0 Å². The second-order valence-corrected chi connectivity index (χ2v) is 6.97. The van der Waals surface area contributed by atoms with Crippen LogP contribution in [0.5, 0.6) is 0 Å². The van der Waals surface area contributed by atoms with Crippen molar-refractivity contribution in [2.75, 3.05) is 25.5 Å². The molecule has 3 rings (SSSR count). The average Bonchev–Trinajstić information content (AvgIpc) is 3.02. The molecule has 0 spiro atoms. The third-order valence-corrected chi connectivity index (χ3v) is 5.10. The summed E-state index contributed by atoms with van der Waals surface area (Å²) in [5, 5.41) is 2.82. The van der Waals surface area contributed by atoms with E-state index in [0.29, 0.717) is 28.1 Å². The van der Waals surface area contributed by atoms with Crippen LogP contribution < -0.4 is 5.32 Å². The third kappa shape index (κ3) is 3.78. The topological polar surface area (TPSA) is 91.5 Å². The summed E-state index contributed by atoms with van der Waals surface area (Å²) in [4.78, 5) is 42.5. The molecular weight excluding hydrogens is 358 g/mol. The van der Waals surface area contributed by atoms with Gasteiger partial charge in [-0.2, -0.15) is 0 Å². The fourth-order valence-corrected chi connectivity index (χ4v) is 3.62. The van der Waals surface area contributed by atoms with Crippen molar-refractivity contribution >= 4 is 23.5 Å². The standard InChI is InChI=1S/C21H25N3O4/c1-13-17(21(27)28-3)14(2)22-18(13)19(25)23-16-10-6-5-9-15(16)20(26)24-11-7-4-8-12-24/h5-6,9-10,22H,4,7-8,11-12H2,1-3H3,(H,23,25). The predicted molar refractivity (Wildman–Crippen MR) is 106 cm³/mol. The van der Waals surface area contributed by atoms with Crippen molar-refractivity contribution in [2.24, 2.45) is 0 Å². The normalized spacial score (nSPS) is 13.9. The van der Waals surface area contributed by atoms with Crippen LogP contribution in [0.25, 0.3) is 0 Å². The molecule has 2 heterocycles. The van der Waals surface area contributed by atoms with E-state index in [1.54, 1.807) is 38.1 Å². The zero-order valence-electron chi connectivity index (χ0n) is 16.4. The Labute approximate surface area is 164 Å². The number of hydrogen-bond acceptors (Lipinski definition) is 4. The van der Waals surface area contributed by atoms with Crippen LogP contribution >= 0.6 is 0 Å². The van der Waals surface area contributed by atoms with E-state index in [0.717, 1.165) is 32.4 Å². The van der Waals surface area contributed by atoms with Gasteiger partial charge in [-0.15, -0.1) is 0 Å². The molecule has 0 atom stereocenters. The minimum atomic E-state index is -0.494. The van der Waals surface area contributed by atoms with Crippen molar-refractivity contribution < 1.29 is 19.1 Å². The van der Waals surface area contributed by atoms with E-state index in [-0.39, 0.29) is 11.6 Å². The van der Waals surface area contributed by atoms with Crippen LogP contribution in [0, 0.1) is 13.8 Å². The number of benzene rings is 1. The number of piperidine rings is 1. The van der Waals surface area contributed by atoms with Crippen LogP contribution in [0.3, 0.4) is 0 Å². The number of hydrogen-bond donors (Lipinski definition) is 2. The Balaban J connectivity index is 1.86. The SMILES string of the molecule is COC(=O)c1c(C)[nH]c(C(=O)Nc2ccccc2C(=O)N2CCCCC2)c1C. The predicted octanol–water partition coefficient (Wildman–Crippen LogP) is 3.30. The highest BCUT2D eigenvalue weighted by Crippen LogP contribution is 2.23. The first-order valence-corrected chi connectivity index (χ1v) is 9.41. The molecule has 1 aliphatic rings. The number of carbonyl (C=O) groups excluding carboxylic acids is 3. The fourth-order valence-electron chi connectivity index (χ4n) is 3.62. The van der Waals surface area contributed by atoms with E-state index < -0.39 is 11.9 Å². The maximum absolute atomic E-state index is 12.9. The number of nitrogens with zero attached hydrogens (tertiary/aromatic N) is 1. The first-order chi connectivity index (χ1) is 13.4. The summed E-state index contributed by atoms with van der Waals surface area (Å²) in [6, 6.07) is 6.99. The lowest BCUT2D eigenvalue weighted by molar-refractivity contribution is 0.0599. The van der Waals surface area contributed by atoms with Crippen molar-refractivity contribution in [3.63, 3.8) is 0 Å². The van der Waals surface area contributed by atoms with Crippen molar-refractivity contribution in [3.8, 4) is 0 Å². The highest BCUT2D eigenvalue weighted by atomic mass is 16.5. The van der Waals surface area contributed by atoms with Gasteiger partial charge in [0.05, 0.1) is 23.9 Å². The highest BCUT2D eigenvalue weighted by molar-refractivity contribution is 6.10.